The van der Waals surface area contributed by atoms with Crippen LogP contribution in [-0.2, 0) is 11.3 Å². The lowest BCUT2D eigenvalue weighted by Gasteiger charge is -2.04. The summed E-state index contributed by atoms with van der Waals surface area (Å²) in [5.41, 5.74) is 2.59. The van der Waals surface area contributed by atoms with Crippen molar-refractivity contribution in [2.24, 2.45) is 0 Å². The van der Waals surface area contributed by atoms with Crippen molar-refractivity contribution in [3.05, 3.63) is 65.5 Å². The predicted octanol–water partition coefficient (Wildman–Crippen LogP) is 4.14. The number of halogens is 1. The van der Waals surface area contributed by atoms with E-state index in [4.69, 9.17) is 0 Å². The van der Waals surface area contributed by atoms with Gasteiger partial charge in [0.25, 0.3) is 0 Å². The van der Waals surface area contributed by atoms with Crippen molar-refractivity contribution in [2.75, 3.05) is 11.1 Å². The zero-order valence-electron chi connectivity index (χ0n) is 14.0. The summed E-state index contributed by atoms with van der Waals surface area (Å²) in [5, 5.41) is 14.2. The van der Waals surface area contributed by atoms with Gasteiger partial charge in [-0.3, -0.25) is 4.79 Å². The molecule has 0 aliphatic rings. The van der Waals surface area contributed by atoms with Crippen LogP contribution in [0.4, 0.5) is 15.2 Å². The fraction of sp³-hybridized carbons (Fsp3) is 0.167. The van der Waals surface area contributed by atoms with Gasteiger partial charge in [-0.2, -0.15) is 0 Å². The molecule has 0 saturated heterocycles. The highest BCUT2D eigenvalue weighted by atomic mass is 32.2. The number of hydrogen-bond donors (Lipinski definition) is 2. The summed E-state index contributed by atoms with van der Waals surface area (Å²) in [4.78, 5) is 12.0. The summed E-state index contributed by atoms with van der Waals surface area (Å²) in [6, 6.07) is 14.4. The molecular formula is C18H17FN4OS2. The number of nitrogens with zero attached hydrogens (tertiary/aromatic N) is 2. The van der Waals surface area contributed by atoms with Gasteiger partial charge >= 0.3 is 0 Å². The lowest BCUT2D eigenvalue weighted by molar-refractivity contribution is -0.118. The van der Waals surface area contributed by atoms with Crippen LogP contribution >= 0.6 is 23.1 Å². The first-order valence-electron chi connectivity index (χ1n) is 7.90. The number of amides is 1. The number of nitrogens with one attached hydrogen (secondary N) is 2. The number of para-hydroxylation sites is 1. The maximum Gasteiger partial charge on any atom is 0.230 e. The molecule has 26 heavy (non-hydrogen) atoms. The number of aryl methyl sites for hydroxylation is 1. The first-order chi connectivity index (χ1) is 12.6. The van der Waals surface area contributed by atoms with Gasteiger partial charge in [0.15, 0.2) is 4.34 Å². The molecule has 0 bridgehead atoms. The summed E-state index contributed by atoms with van der Waals surface area (Å²) < 4.78 is 14.3. The molecule has 1 heterocycles. The van der Waals surface area contributed by atoms with Crippen LogP contribution in [0.1, 0.15) is 11.1 Å². The quantitative estimate of drug-likeness (QED) is 0.596. The molecular weight excluding hydrogens is 371 g/mol. The Morgan fingerprint density at radius 1 is 1.15 bits per heavy atom. The number of carbonyl (C=O) groups is 1. The molecule has 0 unspecified atom stereocenters. The van der Waals surface area contributed by atoms with Crippen molar-refractivity contribution in [3.63, 3.8) is 0 Å². The highest BCUT2D eigenvalue weighted by Gasteiger charge is 2.09. The highest BCUT2D eigenvalue weighted by Crippen LogP contribution is 2.28. The van der Waals surface area contributed by atoms with Crippen molar-refractivity contribution >= 4 is 39.8 Å². The Balaban J connectivity index is 1.46. The molecule has 8 heteroatoms. The van der Waals surface area contributed by atoms with Gasteiger partial charge < -0.3 is 10.6 Å². The number of hydrogen-bond acceptors (Lipinski definition) is 6. The van der Waals surface area contributed by atoms with E-state index < -0.39 is 0 Å². The van der Waals surface area contributed by atoms with E-state index in [0.717, 1.165) is 5.56 Å². The molecule has 1 amide bonds. The molecule has 0 spiro atoms. The van der Waals surface area contributed by atoms with Crippen molar-refractivity contribution in [1.29, 1.82) is 0 Å². The van der Waals surface area contributed by atoms with Crippen LogP contribution in [0, 0.1) is 12.7 Å². The molecule has 0 fully saturated rings. The minimum atomic E-state index is -0.354. The Bertz CT molecular complexity index is 883. The topological polar surface area (TPSA) is 66.9 Å². The highest BCUT2D eigenvalue weighted by molar-refractivity contribution is 8.01. The molecule has 0 saturated carbocycles. The fourth-order valence-electron chi connectivity index (χ4n) is 2.08. The minimum Gasteiger partial charge on any atom is -0.351 e. The van der Waals surface area contributed by atoms with Crippen LogP contribution in [0.15, 0.2) is 52.9 Å². The Morgan fingerprint density at radius 2 is 1.92 bits per heavy atom. The van der Waals surface area contributed by atoms with Crippen LogP contribution in [0.25, 0.3) is 0 Å². The Hall–Kier alpha value is -2.45. The molecule has 3 rings (SSSR count). The lowest BCUT2D eigenvalue weighted by Crippen LogP contribution is -2.24. The molecule has 3 aromatic rings. The molecule has 0 radical (unpaired) electrons. The second-order valence-electron chi connectivity index (χ2n) is 5.53. The summed E-state index contributed by atoms with van der Waals surface area (Å²) in [6.45, 7) is 2.52. The summed E-state index contributed by atoms with van der Waals surface area (Å²) in [6.07, 6.45) is 0. The van der Waals surface area contributed by atoms with E-state index in [1.54, 1.807) is 18.2 Å². The number of carbonyl (C=O) groups excluding carboxylic acids is 1. The zero-order chi connectivity index (χ0) is 18.4. The standard InChI is InChI=1S/C18H17FN4OS2/c1-12-6-8-13(9-7-12)10-20-16(24)11-25-18-23-22-17(26-18)21-15-5-3-2-4-14(15)19/h2-9H,10-11H2,1H3,(H,20,24)(H,21,22). The Morgan fingerprint density at radius 3 is 2.69 bits per heavy atom. The first-order valence-corrected chi connectivity index (χ1v) is 9.70. The number of thioether (sulfide) groups is 1. The SMILES string of the molecule is Cc1ccc(CNC(=O)CSc2nnc(Nc3ccccc3F)s2)cc1. The van der Waals surface area contributed by atoms with Gasteiger partial charge in [0, 0.05) is 6.54 Å². The van der Waals surface area contributed by atoms with Gasteiger partial charge in [-0.05, 0) is 24.6 Å². The van der Waals surface area contributed by atoms with E-state index in [-0.39, 0.29) is 17.5 Å². The number of benzene rings is 2. The van der Waals surface area contributed by atoms with Crippen LogP contribution in [-0.4, -0.2) is 21.9 Å². The van der Waals surface area contributed by atoms with Gasteiger partial charge in [-0.25, -0.2) is 4.39 Å². The second kappa shape index (κ2) is 8.77. The number of aromatic nitrogens is 2. The third-order valence-electron chi connectivity index (χ3n) is 3.46. The second-order valence-corrected chi connectivity index (χ2v) is 7.73. The molecule has 2 aromatic carbocycles. The summed E-state index contributed by atoms with van der Waals surface area (Å²) in [5.74, 6) is -0.179. The van der Waals surface area contributed by atoms with Crippen molar-refractivity contribution in [2.45, 2.75) is 17.8 Å². The van der Waals surface area contributed by atoms with E-state index in [2.05, 4.69) is 20.8 Å². The van der Waals surface area contributed by atoms with E-state index in [9.17, 15) is 9.18 Å². The number of rotatable bonds is 7. The summed E-state index contributed by atoms with van der Waals surface area (Å²) in [7, 11) is 0. The van der Waals surface area contributed by atoms with Crippen LogP contribution in [0.2, 0.25) is 0 Å². The van der Waals surface area contributed by atoms with Crippen molar-refractivity contribution in [3.8, 4) is 0 Å². The van der Waals surface area contributed by atoms with Crippen LogP contribution in [0.5, 0.6) is 0 Å². The predicted molar refractivity (Wildman–Crippen MR) is 103 cm³/mol. The minimum absolute atomic E-state index is 0.0746. The third-order valence-corrected chi connectivity index (χ3v) is 5.43. The lowest BCUT2D eigenvalue weighted by atomic mass is 10.1. The van der Waals surface area contributed by atoms with Gasteiger partial charge in [-0.1, -0.05) is 65.1 Å². The van der Waals surface area contributed by atoms with E-state index in [1.165, 1.54) is 34.7 Å². The van der Waals surface area contributed by atoms with Gasteiger partial charge in [0.1, 0.15) is 5.82 Å². The van der Waals surface area contributed by atoms with Gasteiger partial charge in [-0.15, -0.1) is 10.2 Å². The van der Waals surface area contributed by atoms with E-state index >= 15 is 0 Å². The fourth-order valence-corrected chi connectivity index (χ4v) is 3.68. The van der Waals surface area contributed by atoms with Crippen LogP contribution in [0.3, 0.4) is 0 Å². The summed E-state index contributed by atoms with van der Waals surface area (Å²) >= 11 is 2.58. The molecule has 134 valence electrons. The van der Waals surface area contributed by atoms with E-state index in [1.807, 2.05) is 31.2 Å². The molecule has 5 nitrogen and oxygen atoms in total. The first kappa shape index (κ1) is 18.3. The molecule has 0 atom stereocenters. The number of anilines is 2. The molecule has 1 aromatic heterocycles. The average molecular weight is 388 g/mol. The smallest absolute Gasteiger partial charge is 0.230 e. The molecule has 0 aliphatic carbocycles. The van der Waals surface area contributed by atoms with Crippen LogP contribution < -0.4 is 10.6 Å². The zero-order valence-corrected chi connectivity index (χ0v) is 15.7. The normalized spacial score (nSPS) is 10.5. The monoisotopic (exact) mass is 388 g/mol. The van der Waals surface area contributed by atoms with Crippen molar-refractivity contribution in [1.82, 2.24) is 15.5 Å². The Labute approximate surface area is 159 Å². The molecule has 0 aliphatic heterocycles. The van der Waals surface area contributed by atoms with Gasteiger partial charge in [0.2, 0.25) is 11.0 Å². The average Bonchev–Trinajstić information content (AvgIpc) is 3.09. The van der Waals surface area contributed by atoms with Gasteiger partial charge in [0.05, 0.1) is 11.4 Å². The largest absolute Gasteiger partial charge is 0.351 e. The Kier molecular flexibility index (Phi) is 6.19. The third kappa shape index (κ3) is 5.27. The van der Waals surface area contributed by atoms with Crippen molar-refractivity contribution < 1.29 is 9.18 Å². The maximum absolute atomic E-state index is 13.6. The van der Waals surface area contributed by atoms with E-state index in [0.29, 0.717) is 21.7 Å². The molecule has 2 N–H and O–H groups in total. The maximum atomic E-state index is 13.6.